The van der Waals surface area contributed by atoms with E-state index in [1.807, 2.05) is 0 Å². The van der Waals surface area contributed by atoms with E-state index in [0.29, 0.717) is 5.92 Å². The molecule has 2 heterocycles. The molecule has 6 rings (SSSR count). The van der Waals surface area contributed by atoms with Crippen LogP contribution in [-0.2, 0) is 18.9 Å². The van der Waals surface area contributed by atoms with Gasteiger partial charge in [-0.1, -0.05) is 0 Å². The molecule has 1 aliphatic rings. The zero-order chi connectivity index (χ0) is 31.7. The summed E-state index contributed by atoms with van der Waals surface area (Å²) in [6, 6.07) is 25.9. The topological polar surface area (TPSA) is 16.8 Å². The fraction of sp³-hybridized carbons (Fsp3) is 0.366. The first-order valence-electron chi connectivity index (χ1n) is 16.1. The van der Waals surface area contributed by atoms with Crippen LogP contribution in [0.3, 0.4) is 0 Å². The summed E-state index contributed by atoms with van der Waals surface area (Å²) in [6.45, 7) is 23.4. The molecule has 0 radical (unpaired) electrons. The summed E-state index contributed by atoms with van der Waals surface area (Å²) in [5.41, 5.74) is 12.8. The molecule has 4 aromatic carbocycles. The number of hydrogen-bond donors (Lipinski definition) is 0. The van der Waals surface area contributed by atoms with Crippen LogP contribution in [0.4, 0.5) is 0 Å². The van der Waals surface area contributed by atoms with Crippen molar-refractivity contribution in [1.29, 1.82) is 0 Å². The molecule has 0 fully saturated rings. The summed E-state index contributed by atoms with van der Waals surface area (Å²) in [7, 11) is 2.19. The fourth-order valence-electron chi connectivity index (χ4n) is 7.13. The maximum atomic E-state index is 5.39. The maximum absolute atomic E-state index is 5.39. The van der Waals surface area contributed by atoms with Gasteiger partial charge in [-0.15, -0.1) is 0 Å². The third-order valence-electron chi connectivity index (χ3n) is 9.13. The normalized spacial score (nSPS) is 13.5. The van der Waals surface area contributed by atoms with Crippen molar-refractivity contribution in [2.75, 3.05) is 0 Å². The van der Waals surface area contributed by atoms with Crippen LogP contribution < -0.4 is 14.5 Å². The van der Waals surface area contributed by atoms with Gasteiger partial charge >= 0.3 is 275 Å². The Balaban J connectivity index is 1.74. The molecule has 0 saturated carbocycles. The minimum absolute atomic E-state index is 0.0179. The van der Waals surface area contributed by atoms with E-state index in [-0.39, 0.29) is 10.8 Å². The Hall–Kier alpha value is -2.90. The molecular formula is C41H48BiN2+. The van der Waals surface area contributed by atoms with E-state index in [9.17, 15) is 0 Å². The summed E-state index contributed by atoms with van der Waals surface area (Å²) in [5.74, 6) is 0.471. The van der Waals surface area contributed by atoms with Crippen LogP contribution in [0.5, 0.6) is 0 Å². The number of hydrogen-bond acceptors (Lipinski definition) is 1. The number of rotatable bonds is 4. The number of benzene rings is 4. The molecule has 0 saturated heterocycles. The van der Waals surface area contributed by atoms with E-state index in [2.05, 4.69) is 154 Å². The molecule has 0 N–H and O–H groups in total. The molecule has 0 bridgehead atoms. The van der Waals surface area contributed by atoms with Crippen molar-refractivity contribution in [3.05, 3.63) is 101 Å². The molecule has 0 amide bonds. The summed E-state index contributed by atoms with van der Waals surface area (Å²) in [5, 5.41) is 2.71. The Morgan fingerprint density at radius 1 is 0.818 bits per heavy atom. The quantitative estimate of drug-likeness (QED) is 0.132. The second-order valence-electron chi connectivity index (χ2n) is 15.4. The van der Waals surface area contributed by atoms with Gasteiger partial charge < -0.3 is 0 Å². The number of nitrogens with zero attached hydrogens (tertiary/aromatic N) is 2. The van der Waals surface area contributed by atoms with E-state index in [4.69, 9.17) is 4.98 Å². The van der Waals surface area contributed by atoms with Crippen LogP contribution in [0.25, 0.3) is 33.2 Å². The van der Waals surface area contributed by atoms with Crippen LogP contribution >= 0.6 is 0 Å². The molecule has 3 heteroatoms. The third kappa shape index (κ3) is 5.34. The first-order valence-corrected chi connectivity index (χ1v) is 21.3. The predicted octanol–water partition coefficient (Wildman–Crippen LogP) is 7.85. The predicted molar refractivity (Wildman–Crippen MR) is 190 cm³/mol. The Morgan fingerprint density at radius 2 is 1.52 bits per heavy atom. The zero-order valence-electron chi connectivity index (χ0n) is 28.6. The van der Waals surface area contributed by atoms with Gasteiger partial charge in [0.15, 0.2) is 0 Å². The van der Waals surface area contributed by atoms with E-state index >= 15 is 0 Å². The van der Waals surface area contributed by atoms with Crippen molar-refractivity contribution in [1.82, 2.24) is 4.98 Å². The second-order valence-corrected chi connectivity index (χ2v) is 23.3. The zero-order valence-corrected chi connectivity index (χ0v) is 32.0. The average Bonchev–Trinajstić information content (AvgIpc) is 3.27. The average molecular weight is 778 g/mol. The number of fused-ring (bicyclic) bond motifs is 4. The van der Waals surface area contributed by atoms with Crippen LogP contribution in [-0.4, -0.2) is 26.7 Å². The van der Waals surface area contributed by atoms with Gasteiger partial charge in [-0.05, 0) is 0 Å². The number of aryl methyl sites for hydroxylation is 3. The third-order valence-corrected chi connectivity index (χ3v) is 19.3. The first-order chi connectivity index (χ1) is 20.7. The van der Waals surface area contributed by atoms with Crippen molar-refractivity contribution in [3.8, 4) is 22.4 Å². The van der Waals surface area contributed by atoms with E-state index in [1.165, 1.54) is 64.4 Å². The molecule has 0 atom stereocenters. The Morgan fingerprint density at radius 3 is 2.18 bits per heavy atom. The van der Waals surface area contributed by atoms with Crippen LogP contribution in [0.2, 0.25) is 0 Å². The van der Waals surface area contributed by atoms with Gasteiger partial charge in [-0.25, -0.2) is 0 Å². The molecule has 0 spiro atoms. The molecule has 0 unspecified atom stereocenters. The molecule has 1 aromatic heterocycles. The van der Waals surface area contributed by atoms with Crippen LogP contribution in [0.1, 0.15) is 89.1 Å². The monoisotopic (exact) mass is 777 g/mol. The van der Waals surface area contributed by atoms with Crippen molar-refractivity contribution in [3.63, 3.8) is 0 Å². The standard InChI is InChI=1S/C31H35N2.C10H13.Bi/c1-21-24-14-9-10-15-25(24)28(31(5,6)7)17-26(21)29-27(19-32-20-33(29)8)23-13-11-12-22(16-23)18-30(2,3)4;1-8(2)10-6-4-5-9(3)7-10;/h9-15,17,20H,18H2,1-8H3;4-5,7-8H,1-3H3;/q+1;;. The molecule has 5 aromatic rings. The van der Waals surface area contributed by atoms with E-state index < -0.39 is 21.8 Å². The van der Waals surface area contributed by atoms with E-state index in [1.54, 1.807) is 6.54 Å². The molecule has 0 aliphatic carbocycles. The summed E-state index contributed by atoms with van der Waals surface area (Å²) < 4.78 is 6.93. The van der Waals surface area contributed by atoms with Crippen molar-refractivity contribution < 1.29 is 4.57 Å². The molecular weight excluding hydrogens is 729 g/mol. The van der Waals surface area contributed by atoms with E-state index in [0.717, 1.165) is 6.42 Å². The molecule has 1 aliphatic heterocycles. The van der Waals surface area contributed by atoms with Crippen molar-refractivity contribution in [2.45, 2.75) is 87.0 Å². The Bertz CT molecular complexity index is 1920. The SMILES string of the molecule is Cc1cc[c]([Bi]2[c]3nc[n+](C)c(-c4cc(C(C)(C)C)c5ccccc5c4C)c3-c3cccc(CC(C)(C)C)[c]32)c(C(C)C)c1. The molecule has 226 valence electrons. The summed E-state index contributed by atoms with van der Waals surface area (Å²) >= 11 is -2.81. The van der Waals surface area contributed by atoms with Crippen molar-refractivity contribution >= 4 is 42.5 Å². The summed E-state index contributed by atoms with van der Waals surface area (Å²) in [6.07, 6.45) is 3.18. The van der Waals surface area contributed by atoms with Gasteiger partial charge in [0.2, 0.25) is 0 Å². The summed E-state index contributed by atoms with van der Waals surface area (Å²) in [4.78, 5) is 5.39. The number of aromatic nitrogens is 2. The molecule has 2 nitrogen and oxygen atoms in total. The van der Waals surface area contributed by atoms with Crippen LogP contribution in [0.15, 0.2) is 73.1 Å². The van der Waals surface area contributed by atoms with Crippen molar-refractivity contribution in [2.24, 2.45) is 12.5 Å². The second kappa shape index (κ2) is 11.2. The Labute approximate surface area is 273 Å². The minimum atomic E-state index is -2.81. The van der Waals surface area contributed by atoms with Gasteiger partial charge in [0, 0.05) is 0 Å². The van der Waals surface area contributed by atoms with Crippen LogP contribution in [0, 0.1) is 19.3 Å². The fourth-order valence-corrected chi connectivity index (χ4v) is 18.7. The van der Waals surface area contributed by atoms with Gasteiger partial charge in [-0.3, -0.25) is 0 Å². The van der Waals surface area contributed by atoms with Gasteiger partial charge in [-0.2, -0.15) is 0 Å². The van der Waals surface area contributed by atoms with Gasteiger partial charge in [0.25, 0.3) is 0 Å². The Kier molecular flexibility index (Phi) is 7.89. The molecule has 44 heavy (non-hydrogen) atoms. The van der Waals surface area contributed by atoms with Gasteiger partial charge in [0.1, 0.15) is 0 Å². The first kappa shape index (κ1) is 31.1. The van der Waals surface area contributed by atoms with Gasteiger partial charge in [0.05, 0.1) is 0 Å².